The highest BCUT2D eigenvalue weighted by Gasteiger charge is 2.30. The fourth-order valence-corrected chi connectivity index (χ4v) is 4.63. The molecule has 2 aromatic carbocycles. The lowest BCUT2D eigenvalue weighted by atomic mass is 10.2. The van der Waals surface area contributed by atoms with Crippen LogP contribution in [0.2, 0.25) is 0 Å². The largest absolute Gasteiger partial charge is 0.465 e. The van der Waals surface area contributed by atoms with Gasteiger partial charge in [0.15, 0.2) is 0 Å². The summed E-state index contributed by atoms with van der Waals surface area (Å²) in [5, 5.41) is 4.11. The van der Waals surface area contributed by atoms with Gasteiger partial charge in [0.05, 0.1) is 17.5 Å². The number of nitrogens with zero attached hydrogens (tertiary/aromatic N) is 2. The minimum absolute atomic E-state index is 0.0456. The number of carbonyl (C=O) groups is 1. The second kappa shape index (κ2) is 11.4. The highest BCUT2D eigenvalue weighted by molar-refractivity contribution is 8.01. The number of rotatable bonds is 11. The van der Waals surface area contributed by atoms with Crippen molar-refractivity contribution >= 4 is 34.3 Å². The van der Waals surface area contributed by atoms with Crippen molar-refractivity contribution in [3.8, 4) is 0 Å². The van der Waals surface area contributed by atoms with Crippen LogP contribution in [0.5, 0.6) is 0 Å². The Morgan fingerprint density at radius 2 is 1.82 bits per heavy atom. The van der Waals surface area contributed by atoms with Gasteiger partial charge in [-0.25, -0.2) is 4.98 Å². The Bertz CT molecular complexity index is 1140. The maximum absolute atomic E-state index is 12.9. The molecule has 0 bridgehead atoms. The van der Waals surface area contributed by atoms with E-state index < -0.39 is 4.75 Å². The molecule has 1 heterocycles. The van der Waals surface area contributed by atoms with Crippen LogP contribution >= 0.6 is 11.8 Å². The molecule has 33 heavy (non-hydrogen) atoms. The van der Waals surface area contributed by atoms with Gasteiger partial charge in [0, 0.05) is 30.1 Å². The van der Waals surface area contributed by atoms with Crippen molar-refractivity contribution in [2.75, 3.05) is 18.5 Å². The van der Waals surface area contributed by atoms with Gasteiger partial charge in [-0.1, -0.05) is 19.1 Å². The van der Waals surface area contributed by atoms with Crippen molar-refractivity contribution in [2.45, 2.75) is 63.1 Å². The topological polar surface area (TPSA) is 73.2 Å². The SMILES string of the molecule is CCOC(=O)C(C)(C)Sc1ccc(NCCCCn2c(CC)nc3ccccc3c2=O)cc1. The third-order valence-corrected chi connectivity index (χ3v) is 6.57. The number of fused-ring (bicyclic) bond motifs is 1. The number of anilines is 1. The number of para-hydroxylation sites is 1. The smallest absolute Gasteiger partial charge is 0.321 e. The molecule has 0 saturated carbocycles. The highest BCUT2D eigenvalue weighted by Crippen LogP contribution is 2.34. The van der Waals surface area contributed by atoms with Crippen molar-refractivity contribution < 1.29 is 9.53 Å². The van der Waals surface area contributed by atoms with Gasteiger partial charge in [0.2, 0.25) is 0 Å². The molecule has 0 aliphatic heterocycles. The fraction of sp³-hybridized carbons (Fsp3) is 0.423. The van der Waals surface area contributed by atoms with Crippen molar-refractivity contribution in [3.05, 3.63) is 64.7 Å². The minimum atomic E-state index is -0.627. The Hall–Kier alpha value is -2.80. The van der Waals surface area contributed by atoms with E-state index in [0.717, 1.165) is 47.7 Å². The van der Waals surface area contributed by atoms with Crippen LogP contribution in [-0.4, -0.2) is 33.4 Å². The van der Waals surface area contributed by atoms with Gasteiger partial charge in [-0.15, -0.1) is 11.8 Å². The number of carbonyl (C=O) groups excluding carboxylic acids is 1. The third-order valence-electron chi connectivity index (χ3n) is 5.39. The molecule has 0 radical (unpaired) electrons. The van der Waals surface area contributed by atoms with E-state index in [1.54, 1.807) is 0 Å². The second-order valence-electron chi connectivity index (χ2n) is 8.35. The van der Waals surface area contributed by atoms with Crippen molar-refractivity contribution in [2.24, 2.45) is 0 Å². The summed E-state index contributed by atoms with van der Waals surface area (Å²) in [6, 6.07) is 15.6. The summed E-state index contributed by atoms with van der Waals surface area (Å²) in [6.45, 7) is 9.48. The summed E-state index contributed by atoms with van der Waals surface area (Å²) in [4.78, 5) is 30.7. The molecular formula is C26H33N3O3S. The van der Waals surface area contributed by atoms with E-state index in [1.165, 1.54) is 11.8 Å². The number of hydrogen-bond acceptors (Lipinski definition) is 6. The number of benzene rings is 2. The first kappa shape index (κ1) is 24.8. The van der Waals surface area contributed by atoms with Crippen LogP contribution < -0.4 is 10.9 Å². The van der Waals surface area contributed by atoms with Gasteiger partial charge in [-0.3, -0.25) is 14.2 Å². The predicted molar refractivity (Wildman–Crippen MR) is 136 cm³/mol. The zero-order valence-corrected chi connectivity index (χ0v) is 20.7. The average molecular weight is 468 g/mol. The molecule has 0 fully saturated rings. The van der Waals surface area contributed by atoms with Crippen LogP contribution in [0.1, 0.15) is 46.4 Å². The van der Waals surface area contributed by atoms with E-state index >= 15 is 0 Å². The fourth-order valence-electron chi connectivity index (χ4n) is 3.62. The second-order valence-corrected chi connectivity index (χ2v) is 10.0. The molecule has 176 valence electrons. The monoisotopic (exact) mass is 467 g/mol. The lowest BCUT2D eigenvalue weighted by Gasteiger charge is -2.21. The summed E-state index contributed by atoms with van der Waals surface area (Å²) >= 11 is 1.50. The summed E-state index contributed by atoms with van der Waals surface area (Å²) in [5.41, 5.74) is 1.85. The summed E-state index contributed by atoms with van der Waals surface area (Å²) in [6.07, 6.45) is 2.56. The molecule has 3 aromatic rings. The van der Waals surface area contributed by atoms with E-state index in [-0.39, 0.29) is 11.5 Å². The quantitative estimate of drug-likeness (QED) is 0.235. The molecule has 0 amide bonds. The highest BCUT2D eigenvalue weighted by atomic mass is 32.2. The summed E-state index contributed by atoms with van der Waals surface area (Å²) < 4.78 is 6.35. The van der Waals surface area contributed by atoms with Gasteiger partial charge in [-0.2, -0.15) is 0 Å². The molecule has 0 aliphatic rings. The number of nitrogens with one attached hydrogen (secondary N) is 1. The van der Waals surface area contributed by atoms with Gasteiger partial charge >= 0.3 is 5.97 Å². The number of aryl methyl sites for hydroxylation is 1. The lowest BCUT2D eigenvalue weighted by Crippen LogP contribution is -2.29. The van der Waals surface area contributed by atoms with E-state index in [1.807, 2.05) is 80.8 Å². The number of aromatic nitrogens is 2. The van der Waals surface area contributed by atoms with Crippen LogP contribution in [0.25, 0.3) is 10.9 Å². The molecule has 0 atom stereocenters. The van der Waals surface area contributed by atoms with E-state index in [0.29, 0.717) is 18.5 Å². The number of thioether (sulfide) groups is 1. The molecule has 1 aromatic heterocycles. The molecule has 0 spiro atoms. The zero-order chi connectivity index (χ0) is 23.8. The van der Waals surface area contributed by atoms with Crippen LogP contribution in [0, 0.1) is 0 Å². The average Bonchev–Trinajstić information content (AvgIpc) is 2.81. The maximum Gasteiger partial charge on any atom is 0.321 e. The van der Waals surface area contributed by atoms with Crippen molar-refractivity contribution in [1.82, 2.24) is 9.55 Å². The van der Waals surface area contributed by atoms with Gasteiger partial charge in [0.25, 0.3) is 5.56 Å². The number of hydrogen-bond donors (Lipinski definition) is 1. The first-order chi connectivity index (χ1) is 15.9. The van der Waals surface area contributed by atoms with Gasteiger partial charge < -0.3 is 10.1 Å². The summed E-state index contributed by atoms with van der Waals surface area (Å²) in [5.74, 6) is 0.634. The molecule has 0 unspecified atom stereocenters. The van der Waals surface area contributed by atoms with Crippen LogP contribution in [0.3, 0.4) is 0 Å². The number of esters is 1. The standard InChI is InChI=1S/C26H33N3O3S/c1-5-23-28-22-12-8-7-11-21(22)24(30)29(23)18-10-9-17-27-19-13-15-20(16-14-19)33-26(3,4)25(31)32-6-2/h7-8,11-16,27H,5-6,9-10,17-18H2,1-4H3. The van der Waals surface area contributed by atoms with Gasteiger partial charge in [0.1, 0.15) is 10.6 Å². The predicted octanol–water partition coefficient (Wildman–Crippen LogP) is 5.29. The Kier molecular flexibility index (Phi) is 8.55. The Labute approximate surface area is 199 Å². The van der Waals surface area contributed by atoms with Gasteiger partial charge in [-0.05, 0) is 70.0 Å². The Morgan fingerprint density at radius 1 is 1.09 bits per heavy atom. The summed E-state index contributed by atoms with van der Waals surface area (Å²) in [7, 11) is 0. The molecule has 1 N–H and O–H groups in total. The zero-order valence-electron chi connectivity index (χ0n) is 19.9. The molecule has 6 nitrogen and oxygen atoms in total. The molecule has 7 heteroatoms. The van der Waals surface area contributed by atoms with Crippen LogP contribution in [-0.2, 0) is 22.5 Å². The maximum atomic E-state index is 12.9. The Balaban J connectivity index is 1.50. The van der Waals surface area contributed by atoms with E-state index in [4.69, 9.17) is 4.74 Å². The number of unbranched alkanes of at least 4 members (excludes halogenated alkanes) is 1. The lowest BCUT2D eigenvalue weighted by molar-refractivity contribution is -0.145. The van der Waals surface area contributed by atoms with Crippen LogP contribution in [0.15, 0.2) is 58.2 Å². The minimum Gasteiger partial charge on any atom is -0.465 e. The number of ether oxygens (including phenoxy) is 1. The first-order valence-electron chi connectivity index (χ1n) is 11.5. The van der Waals surface area contributed by atoms with Crippen LogP contribution in [0.4, 0.5) is 5.69 Å². The third kappa shape index (κ3) is 6.38. The first-order valence-corrected chi connectivity index (χ1v) is 12.4. The van der Waals surface area contributed by atoms with Crippen molar-refractivity contribution in [1.29, 1.82) is 0 Å². The van der Waals surface area contributed by atoms with Crippen molar-refractivity contribution in [3.63, 3.8) is 0 Å². The van der Waals surface area contributed by atoms with E-state index in [9.17, 15) is 9.59 Å². The Morgan fingerprint density at radius 3 is 2.52 bits per heavy atom. The van der Waals surface area contributed by atoms with E-state index in [2.05, 4.69) is 10.3 Å². The molecule has 0 aliphatic carbocycles. The molecular weight excluding hydrogens is 434 g/mol. The molecule has 0 saturated heterocycles. The molecule has 3 rings (SSSR count). The normalized spacial score (nSPS) is 11.5.